The third-order valence-corrected chi connectivity index (χ3v) is 8.85. The van der Waals surface area contributed by atoms with Crippen molar-refractivity contribution in [3.8, 4) is 5.75 Å². The minimum absolute atomic E-state index is 0.0868. The average molecular weight is 576 g/mol. The van der Waals surface area contributed by atoms with Crippen LogP contribution in [-0.4, -0.2) is 73.5 Å². The van der Waals surface area contributed by atoms with Gasteiger partial charge in [0, 0.05) is 43.9 Å². The molecule has 3 N–H and O–H groups in total. The molecule has 8 nitrogen and oxygen atoms in total. The van der Waals surface area contributed by atoms with E-state index in [-0.39, 0.29) is 37.8 Å². The van der Waals surface area contributed by atoms with Crippen LogP contribution in [0.3, 0.4) is 0 Å². The molecule has 3 fully saturated rings. The molecule has 1 spiro atoms. The molecule has 1 aromatic heterocycles. The van der Waals surface area contributed by atoms with Crippen molar-refractivity contribution < 1.29 is 23.4 Å². The molecule has 2 aliphatic heterocycles. The van der Waals surface area contributed by atoms with E-state index in [0.717, 1.165) is 37.3 Å². The second kappa shape index (κ2) is 12.4. The van der Waals surface area contributed by atoms with Gasteiger partial charge in [-0.3, -0.25) is 9.18 Å². The lowest BCUT2D eigenvalue weighted by molar-refractivity contribution is 0.102. The molecule has 5 rings (SSSR count). The predicted molar refractivity (Wildman–Crippen MR) is 157 cm³/mol. The number of carbonyl (C=O) groups is 1. The smallest absolute Gasteiger partial charge is 0.274 e. The van der Waals surface area contributed by atoms with E-state index in [4.69, 9.17) is 9.84 Å². The van der Waals surface area contributed by atoms with Crippen LogP contribution in [0.15, 0.2) is 30.3 Å². The Balaban J connectivity index is 1.37. The molecule has 1 aromatic carbocycles. The van der Waals surface area contributed by atoms with Crippen molar-refractivity contribution in [3.63, 3.8) is 0 Å². The Morgan fingerprint density at radius 2 is 1.90 bits per heavy atom. The van der Waals surface area contributed by atoms with Crippen LogP contribution in [0.2, 0.25) is 0 Å². The first kappa shape index (κ1) is 28.7. The van der Waals surface area contributed by atoms with Gasteiger partial charge in [0.25, 0.3) is 5.91 Å². The van der Waals surface area contributed by atoms with Crippen molar-refractivity contribution in [1.82, 2.24) is 4.98 Å². The summed E-state index contributed by atoms with van der Waals surface area (Å²) in [5, 5.41) is 12.2. The van der Waals surface area contributed by atoms with Crippen LogP contribution < -0.4 is 24.6 Å². The molecule has 11 heteroatoms. The molecule has 3 aliphatic rings. The van der Waals surface area contributed by atoms with E-state index in [1.807, 2.05) is 18.2 Å². The number of aromatic nitrogens is 1. The maximum atomic E-state index is 14.7. The highest BCUT2D eigenvalue weighted by Crippen LogP contribution is 2.54. The molecule has 1 saturated carbocycles. The molecule has 40 heavy (non-hydrogen) atoms. The maximum Gasteiger partial charge on any atom is 0.274 e. The number of alkyl halides is 2. The number of nitrogens with zero attached hydrogens (tertiary/aromatic N) is 3. The maximum absolute atomic E-state index is 14.7. The fourth-order valence-electron chi connectivity index (χ4n) is 5.47. The van der Waals surface area contributed by atoms with E-state index in [1.165, 1.54) is 24.8 Å². The van der Waals surface area contributed by atoms with E-state index in [9.17, 15) is 13.6 Å². The number of anilines is 4. The highest BCUT2D eigenvalue weighted by atomic mass is 32.2. The second-order valence-electron chi connectivity index (χ2n) is 11.3. The number of rotatable bonds is 12. The van der Waals surface area contributed by atoms with E-state index >= 15 is 0 Å². The summed E-state index contributed by atoms with van der Waals surface area (Å²) in [4.78, 5) is 22.2. The lowest BCUT2D eigenvalue weighted by atomic mass is 9.93. The van der Waals surface area contributed by atoms with Crippen molar-refractivity contribution in [2.24, 2.45) is 5.41 Å². The summed E-state index contributed by atoms with van der Waals surface area (Å²) in [6.07, 6.45) is 5.51. The molecule has 3 heterocycles. The molecular formula is C29H39F2N5O3S. The Labute approximate surface area is 239 Å². The number of piperidine rings is 1. The zero-order valence-electron chi connectivity index (χ0n) is 23.1. The standard InChI is InChI=1S/C29H39F2N5O3S/c1-28(31)9-13-36(20-28)26-25(39-17-2-12-30)6-5-23(32-26)27(38)33-22-4-3-21(34-40-18-16-37)19-24(22)35-14-10-29(7-8-29)11-15-35/h3-6,19,34,37H,2,7-18,20H2,1H3,(H,33,38). The quantitative estimate of drug-likeness (QED) is 0.228. The molecule has 218 valence electrons. The Bertz CT molecular complexity index is 1190. The topological polar surface area (TPSA) is 90.0 Å². The summed E-state index contributed by atoms with van der Waals surface area (Å²) < 4.78 is 36.4. The van der Waals surface area contributed by atoms with Gasteiger partial charge in [0.2, 0.25) is 0 Å². The second-order valence-corrected chi connectivity index (χ2v) is 12.2. The van der Waals surface area contributed by atoms with Crippen molar-refractivity contribution in [2.75, 3.05) is 71.7 Å². The summed E-state index contributed by atoms with van der Waals surface area (Å²) >= 11 is 1.43. The van der Waals surface area contributed by atoms with Crippen molar-refractivity contribution in [2.45, 2.75) is 51.1 Å². The van der Waals surface area contributed by atoms with E-state index in [1.54, 1.807) is 24.0 Å². The summed E-state index contributed by atoms with van der Waals surface area (Å²) in [6, 6.07) is 9.09. The molecule has 0 radical (unpaired) electrons. The number of hydrogen-bond donors (Lipinski definition) is 3. The van der Waals surface area contributed by atoms with Gasteiger partial charge in [0.15, 0.2) is 11.6 Å². The Morgan fingerprint density at radius 3 is 2.58 bits per heavy atom. The summed E-state index contributed by atoms with van der Waals surface area (Å²) in [6.45, 7) is 3.78. The zero-order valence-corrected chi connectivity index (χ0v) is 23.9. The number of carbonyl (C=O) groups excluding carboxylic acids is 1. The van der Waals surface area contributed by atoms with Gasteiger partial charge in [-0.15, -0.1) is 0 Å². The molecule has 2 aromatic rings. The van der Waals surface area contributed by atoms with Crippen LogP contribution >= 0.6 is 11.9 Å². The van der Waals surface area contributed by atoms with Gasteiger partial charge in [-0.2, -0.15) is 0 Å². The normalized spacial score (nSPS) is 21.5. The largest absolute Gasteiger partial charge is 0.490 e. The SMILES string of the molecule is CC1(F)CCN(c2nc(C(=O)Nc3ccc(NSCCO)cc3N3CCC4(CC3)CC4)ccc2OCCCF)C1. The number of pyridine rings is 1. The lowest BCUT2D eigenvalue weighted by Gasteiger charge is -2.35. The van der Waals surface area contributed by atoms with Gasteiger partial charge in [0.05, 0.1) is 37.8 Å². The highest BCUT2D eigenvalue weighted by Gasteiger charge is 2.44. The van der Waals surface area contributed by atoms with Crippen LogP contribution in [0, 0.1) is 5.41 Å². The van der Waals surface area contributed by atoms with Gasteiger partial charge in [-0.05, 0) is 68.4 Å². The highest BCUT2D eigenvalue weighted by molar-refractivity contribution is 8.00. The minimum Gasteiger partial charge on any atom is -0.490 e. The molecule has 1 unspecified atom stereocenters. The van der Waals surface area contributed by atoms with Crippen molar-refractivity contribution in [1.29, 1.82) is 0 Å². The molecule has 1 aliphatic carbocycles. The Kier molecular flexibility index (Phi) is 8.89. The first-order valence-corrected chi connectivity index (χ1v) is 15.1. The average Bonchev–Trinajstić information content (AvgIpc) is 3.60. The van der Waals surface area contributed by atoms with E-state index in [0.29, 0.717) is 41.4 Å². The van der Waals surface area contributed by atoms with Gasteiger partial charge in [-0.25, -0.2) is 9.37 Å². The summed E-state index contributed by atoms with van der Waals surface area (Å²) in [5.41, 5.74) is 1.89. The van der Waals surface area contributed by atoms with Crippen LogP contribution in [0.4, 0.5) is 31.7 Å². The molecule has 0 bridgehead atoms. The van der Waals surface area contributed by atoms with Gasteiger partial charge in [0.1, 0.15) is 11.4 Å². The third-order valence-electron chi connectivity index (χ3n) is 8.08. The number of hydrogen-bond acceptors (Lipinski definition) is 8. The van der Waals surface area contributed by atoms with Crippen LogP contribution in [0.25, 0.3) is 0 Å². The first-order valence-electron chi connectivity index (χ1n) is 14.1. The Hall–Kier alpha value is -2.79. The predicted octanol–water partition coefficient (Wildman–Crippen LogP) is 5.44. The van der Waals surface area contributed by atoms with Gasteiger partial charge >= 0.3 is 0 Å². The van der Waals surface area contributed by atoms with Gasteiger partial charge in [-0.1, -0.05) is 11.9 Å². The number of benzene rings is 1. The van der Waals surface area contributed by atoms with Crippen LogP contribution in [0.1, 0.15) is 55.9 Å². The molecule has 1 atom stereocenters. The number of aliphatic hydroxyl groups is 1. The summed E-state index contributed by atoms with van der Waals surface area (Å²) in [5.74, 6) is 1.02. The van der Waals surface area contributed by atoms with Crippen molar-refractivity contribution >= 4 is 40.7 Å². The monoisotopic (exact) mass is 575 g/mol. The number of nitrogens with one attached hydrogen (secondary N) is 2. The van der Waals surface area contributed by atoms with Gasteiger partial charge < -0.3 is 29.7 Å². The summed E-state index contributed by atoms with van der Waals surface area (Å²) in [7, 11) is 0. The number of aliphatic hydroxyl groups excluding tert-OH is 1. The molecule has 2 saturated heterocycles. The first-order chi connectivity index (χ1) is 19.3. The number of ether oxygens (including phenoxy) is 1. The van der Waals surface area contributed by atoms with Crippen molar-refractivity contribution in [3.05, 3.63) is 36.0 Å². The van der Waals surface area contributed by atoms with Crippen LogP contribution in [0.5, 0.6) is 5.75 Å². The minimum atomic E-state index is -1.36. The number of amides is 1. The molecular weight excluding hydrogens is 536 g/mol. The zero-order chi connectivity index (χ0) is 28.2. The third kappa shape index (κ3) is 6.91. The van der Waals surface area contributed by atoms with E-state index < -0.39 is 12.3 Å². The fraction of sp³-hybridized carbons (Fsp3) is 0.586. The molecule has 1 amide bonds. The Morgan fingerprint density at radius 1 is 1.12 bits per heavy atom. The fourth-order valence-corrected chi connectivity index (χ4v) is 5.96. The lowest BCUT2D eigenvalue weighted by Crippen LogP contribution is -2.35. The number of halogens is 2. The van der Waals surface area contributed by atoms with E-state index in [2.05, 4.69) is 19.9 Å². The van der Waals surface area contributed by atoms with Crippen LogP contribution in [-0.2, 0) is 0 Å².